The number of hydrogen-bond donors (Lipinski definition) is 0. The summed E-state index contributed by atoms with van der Waals surface area (Å²) in [6.07, 6.45) is -9.13. The van der Waals surface area contributed by atoms with Gasteiger partial charge in [-0.25, -0.2) is 0 Å². The summed E-state index contributed by atoms with van der Waals surface area (Å²) in [4.78, 5) is 0. The van der Waals surface area contributed by atoms with E-state index in [0.717, 1.165) is 24.3 Å². The SMILES string of the molecule is FC(F)(F)c1ccc(Oc2ccccc2Oc2ccc(C(F)(F)F)cc2Cl)c(Cl)c1. The van der Waals surface area contributed by atoms with Crippen molar-refractivity contribution in [1.82, 2.24) is 0 Å². The van der Waals surface area contributed by atoms with Crippen molar-refractivity contribution in [3.63, 3.8) is 0 Å². The fraction of sp³-hybridized carbons (Fsp3) is 0.100. The molecule has 10 heteroatoms. The first-order valence-electron chi connectivity index (χ1n) is 8.13. The summed E-state index contributed by atoms with van der Waals surface area (Å²) in [5.41, 5.74) is -1.89. The zero-order chi connectivity index (χ0) is 22.1. The predicted octanol–water partition coefficient (Wildman–Crippen LogP) is 8.62. The molecule has 0 aliphatic heterocycles. The van der Waals surface area contributed by atoms with Crippen LogP contribution in [0.4, 0.5) is 26.3 Å². The molecule has 2 nitrogen and oxygen atoms in total. The van der Waals surface area contributed by atoms with Crippen molar-refractivity contribution in [1.29, 1.82) is 0 Å². The summed E-state index contributed by atoms with van der Waals surface area (Å²) in [7, 11) is 0. The Kier molecular flexibility index (Phi) is 6.10. The quantitative estimate of drug-likeness (QED) is 0.358. The van der Waals surface area contributed by atoms with Crippen LogP contribution in [0.15, 0.2) is 60.7 Å². The summed E-state index contributed by atoms with van der Waals surface area (Å²) < 4.78 is 87.7. The fourth-order valence-electron chi connectivity index (χ4n) is 2.38. The highest BCUT2D eigenvalue weighted by atomic mass is 35.5. The molecular weight excluding hydrogens is 457 g/mol. The third-order valence-electron chi connectivity index (χ3n) is 3.81. The van der Waals surface area contributed by atoms with Gasteiger partial charge in [-0.3, -0.25) is 0 Å². The van der Waals surface area contributed by atoms with Gasteiger partial charge in [0.1, 0.15) is 11.5 Å². The second-order valence-corrected chi connectivity index (χ2v) is 6.75. The van der Waals surface area contributed by atoms with Crippen molar-refractivity contribution >= 4 is 23.2 Å². The van der Waals surface area contributed by atoms with Gasteiger partial charge in [0, 0.05) is 0 Å². The molecule has 0 heterocycles. The van der Waals surface area contributed by atoms with Gasteiger partial charge >= 0.3 is 12.4 Å². The molecule has 0 bridgehead atoms. The standard InChI is InChI=1S/C20H10Cl2F6O2/c21-13-9-11(19(23,24)25)5-7-15(13)29-17-3-1-2-4-18(17)30-16-8-6-12(10-14(16)22)20(26,27)28/h1-10H. The van der Waals surface area contributed by atoms with Gasteiger partial charge in [0.25, 0.3) is 0 Å². The number of benzene rings is 3. The van der Waals surface area contributed by atoms with Gasteiger partial charge in [-0.05, 0) is 48.5 Å². The van der Waals surface area contributed by atoms with E-state index < -0.39 is 23.5 Å². The van der Waals surface area contributed by atoms with Gasteiger partial charge < -0.3 is 9.47 Å². The predicted molar refractivity (Wildman–Crippen MR) is 99.5 cm³/mol. The lowest BCUT2D eigenvalue weighted by atomic mass is 10.2. The van der Waals surface area contributed by atoms with E-state index in [4.69, 9.17) is 32.7 Å². The average molecular weight is 467 g/mol. The minimum Gasteiger partial charge on any atom is -0.452 e. The zero-order valence-electron chi connectivity index (χ0n) is 14.6. The molecule has 0 saturated carbocycles. The van der Waals surface area contributed by atoms with Crippen molar-refractivity contribution in [2.75, 3.05) is 0 Å². The summed E-state index contributed by atoms with van der Waals surface area (Å²) >= 11 is 11.8. The van der Waals surface area contributed by atoms with E-state index in [2.05, 4.69) is 0 Å². The topological polar surface area (TPSA) is 18.5 Å². The van der Waals surface area contributed by atoms with Crippen LogP contribution in [-0.2, 0) is 12.4 Å². The van der Waals surface area contributed by atoms with E-state index in [-0.39, 0.29) is 33.0 Å². The molecule has 0 aliphatic carbocycles. The van der Waals surface area contributed by atoms with Gasteiger partial charge in [-0.1, -0.05) is 35.3 Å². The number of ether oxygens (including phenoxy) is 2. The molecule has 0 spiro atoms. The Bertz CT molecular complexity index is 979. The molecule has 0 radical (unpaired) electrons. The fourth-order valence-corrected chi connectivity index (χ4v) is 2.81. The summed E-state index contributed by atoms with van der Waals surface area (Å²) in [6.45, 7) is 0. The van der Waals surface area contributed by atoms with Crippen molar-refractivity contribution in [3.8, 4) is 23.0 Å². The van der Waals surface area contributed by atoms with E-state index in [1.807, 2.05) is 0 Å². The van der Waals surface area contributed by atoms with E-state index in [0.29, 0.717) is 12.1 Å². The number of para-hydroxylation sites is 2. The highest BCUT2D eigenvalue weighted by Gasteiger charge is 2.32. The average Bonchev–Trinajstić information content (AvgIpc) is 2.64. The van der Waals surface area contributed by atoms with Gasteiger partial charge in [-0.15, -0.1) is 0 Å². The molecule has 3 aromatic carbocycles. The van der Waals surface area contributed by atoms with Crippen LogP contribution >= 0.6 is 23.2 Å². The van der Waals surface area contributed by atoms with Gasteiger partial charge in [0.15, 0.2) is 11.5 Å². The lowest BCUT2D eigenvalue weighted by Crippen LogP contribution is -2.05. The Hall–Kier alpha value is -2.58. The maximum absolute atomic E-state index is 12.8. The van der Waals surface area contributed by atoms with E-state index in [1.54, 1.807) is 12.1 Å². The normalized spacial score (nSPS) is 12.0. The Labute approximate surface area is 176 Å². The van der Waals surface area contributed by atoms with Crippen molar-refractivity contribution in [3.05, 3.63) is 81.8 Å². The third kappa shape index (κ3) is 5.12. The molecule has 0 saturated heterocycles. The van der Waals surface area contributed by atoms with Gasteiger partial charge in [-0.2, -0.15) is 26.3 Å². The lowest BCUT2D eigenvalue weighted by molar-refractivity contribution is -0.138. The van der Waals surface area contributed by atoms with Crippen molar-refractivity contribution < 1.29 is 35.8 Å². The van der Waals surface area contributed by atoms with Crippen LogP contribution < -0.4 is 9.47 Å². The minimum absolute atomic E-state index is 0.0649. The zero-order valence-corrected chi connectivity index (χ0v) is 16.1. The Morgan fingerprint density at radius 2 is 0.900 bits per heavy atom. The molecule has 158 valence electrons. The van der Waals surface area contributed by atoms with Gasteiger partial charge in [0.05, 0.1) is 21.2 Å². The van der Waals surface area contributed by atoms with Crippen LogP contribution in [0.25, 0.3) is 0 Å². The molecular formula is C20H10Cl2F6O2. The summed E-state index contributed by atoms with van der Waals surface area (Å²) in [5, 5.41) is -0.570. The van der Waals surface area contributed by atoms with Crippen LogP contribution in [0.5, 0.6) is 23.0 Å². The molecule has 3 rings (SSSR count). The maximum atomic E-state index is 12.8. The van der Waals surface area contributed by atoms with Crippen LogP contribution in [0.2, 0.25) is 10.0 Å². The Morgan fingerprint density at radius 3 is 1.20 bits per heavy atom. The molecule has 0 aliphatic rings. The number of alkyl halides is 6. The number of rotatable bonds is 4. The second kappa shape index (κ2) is 8.28. The van der Waals surface area contributed by atoms with E-state index in [1.165, 1.54) is 12.1 Å². The summed E-state index contributed by atoms with van der Waals surface area (Å²) in [6, 6.07) is 11.2. The highest BCUT2D eigenvalue weighted by Crippen LogP contribution is 2.42. The third-order valence-corrected chi connectivity index (χ3v) is 4.40. The van der Waals surface area contributed by atoms with Crippen LogP contribution in [-0.4, -0.2) is 0 Å². The molecule has 30 heavy (non-hydrogen) atoms. The van der Waals surface area contributed by atoms with Crippen molar-refractivity contribution in [2.45, 2.75) is 12.4 Å². The minimum atomic E-state index is -4.57. The molecule has 0 fully saturated rings. The first-order valence-corrected chi connectivity index (χ1v) is 8.89. The Balaban J connectivity index is 1.87. The first-order chi connectivity index (χ1) is 13.9. The van der Waals surface area contributed by atoms with Crippen LogP contribution in [0.1, 0.15) is 11.1 Å². The maximum Gasteiger partial charge on any atom is 0.416 e. The van der Waals surface area contributed by atoms with E-state index >= 15 is 0 Å². The second-order valence-electron chi connectivity index (χ2n) is 5.94. The molecule has 0 N–H and O–H groups in total. The summed E-state index contributed by atoms with van der Waals surface area (Å²) in [5.74, 6) is -0.0105. The van der Waals surface area contributed by atoms with Gasteiger partial charge in [0.2, 0.25) is 0 Å². The molecule has 0 atom stereocenters. The largest absolute Gasteiger partial charge is 0.452 e. The molecule has 3 aromatic rings. The molecule has 0 aromatic heterocycles. The van der Waals surface area contributed by atoms with E-state index in [9.17, 15) is 26.3 Å². The monoisotopic (exact) mass is 466 g/mol. The Morgan fingerprint density at radius 1 is 0.533 bits per heavy atom. The smallest absolute Gasteiger partial charge is 0.416 e. The van der Waals surface area contributed by atoms with Crippen LogP contribution in [0, 0.1) is 0 Å². The first kappa shape index (κ1) is 22.1. The molecule has 0 unspecified atom stereocenters. The highest BCUT2D eigenvalue weighted by molar-refractivity contribution is 6.32. The molecule has 0 amide bonds. The van der Waals surface area contributed by atoms with Crippen LogP contribution in [0.3, 0.4) is 0 Å². The van der Waals surface area contributed by atoms with Crippen molar-refractivity contribution in [2.24, 2.45) is 0 Å². The number of hydrogen-bond acceptors (Lipinski definition) is 2. The lowest BCUT2D eigenvalue weighted by Gasteiger charge is -2.15. The number of halogens is 8.